The van der Waals surface area contributed by atoms with Gasteiger partial charge in [0.2, 0.25) is 0 Å². The lowest BCUT2D eigenvalue weighted by Crippen LogP contribution is -2.42. The maximum Gasteiger partial charge on any atom is 0.350 e. The molecule has 9 heteroatoms. The number of nitrogens with one attached hydrogen (secondary N) is 2. The normalized spacial score (nSPS) is 23.1. The molecular formula is C20H35IN4O3S. The van der Waals surface area contributed by atoms with Gasteiger partial charge in [-0.15, -0.1) is 35.3 Å². The zero-order chi connectivity index (χ0) is 20.7. The molecule has 1 aliphatic carbocycles. The summed E-state index contributed by atoms with van der Waals surface area (Å²) in [4.78, 5) is 21.9. The Morgan fingerprint density at radius 1 is 1.45 bits per heavy atom. The molecule has 0 saturated heterocycles. The van der Waals surface area contributed by atoms with Gasteiger partial charge in [0.15, 0.2) is 5.96 Å². The number of carbonyl (C=O) groups is 1. The van der Waals surface area contributed by atoms with E-state index in [2.05, 4.69) is 22.5 Å². The Morgan fingerprint density at radius 2 is 2.17 bits per heavy atom. The fraction of sp³-hybridized carbons (Fsp3) is 0.750. The Bertz CT molecular complexity index is 697. The summed E-state index contributed by atoms with van der Waals surface area (Å²) in [5, 5.41) is 17.8. The number of halogens is 1. The summed E-state index contributed by atoms with van der Waals surface area (Å²) in [5.41, 5.74) is 0.505. The molecule has 7 nitrogen and oxygen atoms in total. The molecule has 3 unspecified atom stereocenters. The molecule has 0 radical (unpaired) electrons. The van der Waals surface area contributed by atoms with Crippen LogP contribution in [0.15, 0.2) is 4.99 Å². The molecule has 1 aromatic rings. The first-order valence-corrected chi connectivity index (χ1v) is 11.0. The zero-order valence-corrected chi connectivity index (χ0v) is 21.2. The molecule has 3 N–H and O–H groups in total. The van der Waals surface area contributed by atoms with Crippen LogP contribution in [0.5, 0.6) is 0 Å². The van der Waals surface area contributed by atoms with Crippen LogP contribution < -0.4 is 10.6 Å². The van der Waals surface area contributed by atoms with Crippen molar-refractivity contribution in [2.75, 3.05) is 19.7 Å². The predicted molar refractivity (Wildman–Crippen MR) is 128 cm³/mol. The summed E-state index contributed by atoms with van der Waals surface area (Å²) < 4.78 is 5.10. The number of hydrogen-bond acceptors (Lipinski definition) is 6. The molecule has 3 atom stereocenters. The summed E-state index contributed by atoms with van der Waals surface area (Å²) in [7, 11) is 0. The Labute approximate surface area is 195 Å². The summed E-state index contributed by atoms with van der Waals surface area (Å²) >= 11 is 1.35. The average Bonchev–Trinajstić information content (AvgIpc) is 3.05. The SMILES string of the molecule is CCNC(=NCC1(C)CCCCC1O)NC(C)c1nc(C)c(C(=O)OCC)s1.I. The third-order valence-corrected chi connectivity index (χ3v) is 6.54. The maximum atomic E-state index is 12.0. The van der Waals surface area contributed by atoms with Crippen molar-refractivity contribution in [2.24, 2.45) is 10.4 Å². The lowest BCUT2D eigenvalue weighted by molar-refractivity contribution is 0.00715. The minimum absolute atomic E-state index is 0. The van der Waals surface area contributed by atoms with Gasteiger partial charge in [-0.2, -0.15) is 0 Å². The number of nitrogens with zero attached hydrogens (tertiary/aromatic N) is 2. The lowest BCUT2D eigenvalue weighted by Gasteiger charge is -2.37. The Balaban J connectivity index is 0.00000420. The predicted octanol–water partition coefficient (Wildman–Crippen LogP) is 3.80. The number of thiazole rings is 1. The van der Waals surface area contributed by atoms with E-state index >= 15 is 0 Å². The van der Waals surface area contributed by atoms with E-state index in [4.69, 9.17) is 9.73 Å². The first-order valence-electron chi connectivity index (χ1n) is 10.2. The molecule has 1 aliphatic rings. The fourth-order valence-electron chi connectivity index (χ4n) is 3.40. The highest BCUT2D eigenvalue weighted by molar-refractivity contribution is 14.0. The summed E-state index contributed by atoms with van der Waals surface area (Å²) in [6, 6.07) is -0.103. The molecule has 2 rings (SSSR count). The molecule has 1 fully saturated rings. The van der Waals surface area contributed by atoms with Gasteiger partial charge < -0.3 is 20.5 Å². The van der Waals surface area contributed by atoms with Crippen LogP contribution in [0.4, 0.5) is 0 Å². The van der Waals surface area contributed by atoms with E-state index in [1.54, 1.807) is 6.92 Å². The Kier molecular flexibility index (Phi) is 10.8. The quantitative estimate of drug-likeness (QED) is 0.212. The topological polar surface area (TPSA) is 95.8 Å². The van der Waals surface area contributed by atoms with E-state index in [1.807, 2.05) is 20.8 Å². The van der Waals surface area contributed by atoms with Crippen molar-refractivity contribution in [1.29, 1.82) is 0 Å². The zero-order valence-electron chi connectivity index (χ0n) is 18.1. The lowest BCUT2D eigenvalue weighted by atomic mass is 9.73. The highest BCUT2D eigenvalue weighted by atomic mass is 127. The number of aromatic nitrogens is 1. The second-order valence-electron chi connectivity index (χ2n) is 7.66. The van der Waals surface area contributed by atoms with Crippen molar-refractivity contribution in [3.63, 3.8) is 0 Å². The van der Waals surface area contributed by atoms with Gasteiger partial charge in [-0.1, -0.05) is 19.8 Å². The number of aryl methyl sites for hydroxylation is 1. The third-order valence-electron chi connectivity index (χ3n) is 5.22. The Hall–Kier alpha value is -0.940. The van der Waals surface area contributed by atoms with Crippen molar-refractivity contribution in [3.8, 4) is 0 Å². The number of aliphatic imine (C=N–C) groups is 1. The maximum absolute atomic E-state index is 12.0. The van der Waals surface area contributed by atoms with Gasteiger partial charge in [0.1, 0.15) is 9.88 Å². The highest BCUT2D eigenvalue weighted by Crippen LogP contribution is 2.36. The van der Waals surface area contributed by atoms with Gasteiger partial charge in [0.25, 0.3) is 0 Å². The van der Waals surface area contributed by atoms with Crippen molar-refractivity contribution in [3.05, 3.63) is 15.6 Å². The smallest absolute Gasteiger partial charge is 0.350 e. The van der Waals surface area contributed by atoms with Gasteiger partial charge in [0, 0.05) is 12.0 Å². The van der Waals surface area contributed by atoms with Crippen LogP contribution in [-0.2, 0) is 4.74 Å². The molecule has 1 aromatic heterocycles. The van der Waals surface area contributed by atoms with Crippen molar-refractivity contribution in [1.82, 2.24) is 15.6 Å². The van der Waals surface area contributed by atoms with Gasteiger partial charge in [-0.3, -0.25) is 4.99 Å². The minimum atomic E-state index is -0.323. The van der Waals surface area contributed by atoms with Crippen LogP contribution in [0.1, 0.15) is 79.8 Å². The summed E-state index contributed by atoms with van der Waals surface area (Å²) in [5.74, 6) is 0.371. The van der Waals surface area contributed by atoms with E-state index in [-0.39, 0.29) is 47.5 Å². The number of aliphatic hydroxyl groups is 1. The van der Waals surface area contributed by atoms with E-state index in [0.717, 1.165) is 37.2 Å². The highest BCUT2D eigenvalue weighted by Gasteiger charge is 2.35. The second kappa shape index (κ2) is 12.0. The molecule has 1 heterocycles. The minimum Gasteiger partial charge on any atom is -0.462 e. The first kappa shape index (κ1) is 26.1. The van der Waals surface area contributed by atoms with E-state index in [9.17, 15) is 9.90 Å². The van der Waals surface area contributed by atoms with Crippen molar-refractivity contribution in [2.45, 2.75) is 72.4 Å². The number of hydrogen-bond donors (Lipinski definition) is 3. The number of aliphatic hydroxyl groups excluding tert-OH is 1. The molecular weight excluding hydrogens is 503 g/mol. The van der Waals surface area contributed by atoms with Crippen LogP contribution >= 0.6 is 35.3 Å². The molecule has 166 valence electrons. The van der Waals surface area contributed by atoms with Crippen LogP contribution in [0.25, 0.3) is 0 Å². The first-order chi connectivity index (χ1) is 13.3. The van der Waals surface area contributed by atoms with E-state index < -0.39 is 0 Å². The number of esters is 1. The van der Waals surface area contributed by atoms with Gasteiger partial charge in [-0.05, 0) is 40.5 Å². The summed E-state index contributed by atoms with van der Waals surface area (Å²) in [6.45, 7) is 11.4. The van der Waals surface area contributed by atoms with E-state index in [0.29, 0.717) is 29.7 Å². The van der Waals surface area contributed by atoms with Crippen LogP contribution in [0.3, 0.4) is 0 Å². The molecule has 29 heavy (non-hydrogen) atoms. The molecule has 0 bridgehead atoms. The number of carbonyl (C=O) groups excluding carboxylic acids is 1. The standard InChI is InChI=1S/C20H34N4O3S.HI/c1-6-21-19(22-12-20(5)11-9-8-10-15(20)25)24-14(4)17-23-13(3)16(28-17)18(26)27-7-2;/h14-15,25H,6-12H2,1-5H3,(H2,21,22,24);1H. The van der Waals surface area contributed by atoms with E-state index in [1.165, 1.54) is 11.3 Å². The molecule has 0 amide bonds. The average molecular weight is 538 g/mol. The van der Waals surface area contributed by atoms with Gasteiger partial charge in [-0.25, -0.2) is 9.78 Å². The third kappa shape index (κ3) is 7.06. The van der Waals surface area contributed by atoms with Gasteiger partial charge >= 0.3 is 5.97 Å². The molecule has 1 saturated carbocycles. The van der Waals surface area contributed by atoms with Gasteiger partial charge in [0.05, 0.1) is 31.0 Å². The van der Waals surface area contributed by atoms with Crippen LogP contribution in [0, 0.1) is 12.3 Å². The monoisotopic (exact) mass is 538 g/mol. The van der Waals surface area contributed by atoms with Crippen molar-refractivity contribution < 1.29 is 14.6 Å². The number of rotatable bonds is 7. The van der Waals surface area contributed by atoms with Crippen LogP contribution in [0.2, 0.25) is 0 Å². The largest absolute Gasteiger partial charge is 0.462 e. The van der Waals surface area contributed by atoms with Crippen LogP contribution in [-0.4, -0.2) is 47.8 Å². The fourth-order valence-corrected chi connectivity index (χ4v) is 4.36. The second-order valence-corrected chi connectivity index (χ2v) is 8.69. The number of guanidine groups is 1. The Morgan fingerprint density at radius 3 is 2.79 bits per heavy atom. The van der Waals surface area contributed by atoms with Crippen molar-refractivity contribution >= 4 is 47.2 Å². The molecule has 0 aromatic carbocycles. The summed E-state index contributed by atoms with van der Waals surface area (Å²) in [6.07, 6.45) is 3.75. The molecule has 0 aliphatic heterocycles. The molecule has 0 spiro atoms. The number of ether oxygens (including phenoxy) is 1.